The van der Waals surface area contributed by atoms with E-state index in [1.54, 1.807) is 0 Å². The Hall–Kier alpha value is -1.14. The molecule has 0 aliphatic carbocycles. The van der Waals surface area contributed by atoms with Gasteiger partial charge in [0, 0.05) is 12.8 Å². The van der Waals surface area contributed by atoms with Crippen LogP contribution in [0.15, 0.2) is 0 Å². The summed E-state index contributed by atoms with van der Waals surface area (Å²) in [5.74, 6) is -0.00717. The molecule has 0 spiro atoms. The van der Waals surface area contributed by atoms with Crippen LogP contribution >= 0.6 is 0 Å². The zero-order valence-electron chi connectivity index (χ0n) is 49.2. The number of aliphatic hydroxyl groups is 2. The van der Waals surface area contributed by atoms with E-state index in [0.717, 1.165) is 38.5 Å². The van der Waals surface area contributed by atoms with Crippen molar-refractivity contribution in [2.24, 2.45) is 0 Å². The van der Waals surface area contributed by atoms with Crippen LogP contribution in [-0.2, 0) is 14.3 Å². The number of ether oxygens (including phenoxy) is 1. The predicted octanol–water partition coefficient (Wildman–Crippen LogP) is 21.0. The van der Waals surface area contributed by atoms with E-state index in [4.69, 9.17) is 4.74 Å². The number of carbonyl (C=O) groups excluding carboxylic acids is 2. The molecule has 0 bridgehead atoms. The van der Waals surface area contributed by atoms with Crippen molar-refractivity contribution in [3.63, 3.8) is 0 Å². The van der Waals surface area contributed by atoms with Gasteiger partial charge in [-0.3, -0.25) is 9.59 Å². The lowest BCUT2D eigenvalue weighted by Gasteiger charge is -2.22. The molecule has 0 heterocycles. The van der Waals surface area contributed by atoms with E-state index in [9.17, 15) is 19.8 Å². The Kier molecular flexibility index (Phi) is 61.4. The highest BCUT2D eigenvalue weighted by atomic mass is 16.5. The first-order valence-corrected chi connectivity index (χ1v) is 33.3. The van der Waals surface area contributed by atoms with Gasteiger partial charge in [0.05, 0.1) is 25.4 Å². The molecule has 0 aromatic heterocycles. The molecular formula is C66H131NO5. The maximum atomic E-state index is 12.5. The van der Waals surface area contributed by atoms with Crippen LogP contribution in [0.5, 0.6) is 0 Å². The van der Waals surface area contributed by atoms with Gasteiger partial charge in [0.1, 0.15) is 0 Å². The first-order valence-electron chi connectivity index (χ1n) is 33.3. The summed E-state index contributed by atoms with van der Waals surface area (Å²) in [6, 6.07) is -0.537. The summed E-state index contributed by atoms with van der Waals surface area (Å²) in [5, 5.41) is 23.3. The van der Waals surface area contributed by atoms with Gasteiger partial charge >= 0.3 is 5.97 Å². The maximum absolute atomic E-state index is 12.5. The number of amides is 1. The summed E-state index contributed by atoms with van der Waals surface area (Å²) in [5.41, 5.74) is 0. The topological polar surface area (TPSA) is 95.9 Å². The van der Waals surface area contributed by atoms with E-state index in [1.807, 2.05) is 0 Å². The molecule has 0 rings (SSSR count). The summed E-state index contributed by atoms with van der Waals surface area (Å²) in [7, 11) is 0. The van der Waals surface area contributed by atoms with Crippen molar-refractivity contribution in [3.8, 4) is 0 Å². The number of carbonyl (C=O) groups is 2. The van der Waals surface area contributed by atoms with E-state index in [0.29, 0.717) is 25.9 Å². The Bertz CT molecular complexity index is 1040. The number of nitrogens with one attached hydrogen (secondary N) is 1. The predicted molar refractivity (Wildman–Crippen MR) is 315 cm³/mol. The molecule has 0 aromatic carbocycles. The number of aliphatic hydroxyl groups excluding tert-OH is 2. The molecule has 0 aliphatic heterocycles. The number of unbranched alkanes of at least 4 members (excludes halogenated alkanes) is 52. The van der Waals surface area contributed by atoms with Gasteiger partial charge in [-0.05, 0) is 25.7 Å². The van der Waals surface area contributed by atoms with E-state index in [2.05, 4.69) is 19.2 Å². The Morgan fingerprint density at radius 3 is 0.847 bits per heavy atom. The van der Waals surface area contributed by atoms with Crippen molar-refractivity contribution in [2.45, 2.75) is 398 Å². The number of hydrogen-bond donors (Lipinski definition) is 3. The summed E-state index contributed by atoms with van der Waals surface area (Å²) >= 11 is 0. The van der Waals surface area contributed by atoms with Gasteiger partial charge in [-0.2, -0.15) is 0 Å². The van der Waals surface area contributed by atoms with Crippen LogP contribution in [0.3, 0.4) is 0 Å². The first kappa shape index (κ1) is 70.9. The summed E-state index contributed by atoms with van der Waals surface area (Å²) in [6.45, 7) is 4.99. The zero-order valence-corrected chi connectivity index (χ0v) is 49.2. The molecule has 6 heteroatoms. The van der Waals surface area contributed by atoms with Crippen molar-refractivity contribution < 1.29 is 24.5 Å². The fourth-order valence-corrected chi connectivity index (χ4v) is 10.8. The van der Waals surface area contributed by atoms with E-state index >= 15 is 0 Å². The number of esters is 1. The van der Waals surface area contributed by atoms with Crippen molar-refractivity contribution in [1.82, 2.24) is 5.32 Å². The minimum absolute atomic E-state index is 0.0221. The van der Waals surface area contributed by atoms with Crippen LogP contribution < -0.4 is 5.32 Å². The Balaban J connectivity index is 3.31. The highest BCUT2D eigenvalue weighted by Gasteiger charge is 2.20. The molecule has 430 valence electrons. The summed E-state index contributed by atoms with van der Waals surface area (Å²) in [6.07, 6.45) is 74.3. The van der Waals surface area contributed by atoms with Crippen LogP contribution in [0.25, 0.3) is 0 Å². The quantitative estimate of drug-likeness (QED) is 0.0417. The fourth-order valence-electron chi connectivity index (χ4n) is 10.8. The molecule has 0 aliphatic rings. The number of rotatable bonds is 63. The summed E-state index contributed by atoms with van der Waals surface area (Å²) in [4.78, 5) is 24.5. The molecule has 0 aromatic rings. The number of hydrogen-bond acceptors (Lipinski definition) is 5. The van der Waals surface area contributed by atoms with E-state index < -0.39 is 12.1 Å². The zero-order chi connectivity index (χ0) is 52.2. The van der Waals surface area contributed by atoms with Crippen LogP contribution in [0.4, 0.5) is 0 Å². The van der Waals surface area contributed by atoms with Gasteiger partial charge in [0.2, 0.25) is 5.91 Å². The lowest BCUT2D eigenvalue weighted by Crippen LogP contribution is -2.45. The van der Waals surface area contributed by atoms with Crippen LogP contribution in [0.2, 0.25) is 0 Å². The van der Waals surface area contributed by atoms with Gasteiger partial charge in [-0.25, -0.2) is 0 Å². The van der Waals surface area contributed by atoms with E-state index in [-0.39, 0.29) is 18.5 Å². The third kappa shape index (κ3) is 58.1. The summed E-state index contributed by atoms with van der Waals surface area (Å²) < 4.78 is 5.49. The Morgan fingerprint density at radius 1 is 0.333 bits per heavy atom. The van der Waals surface area contributed by atoms with Crippen molar-refractivity contribution >= 4 is 11.9 Å². The standard InChI is InChI=1S/C66H131NO5/c1-3-5-7-9-11-13-15-17-36-40-44-48-52-56-60-66(71)72-61-57-53-49-45-41-37-33-31-29-27-25-23-21-19-18-20-22-24-26-28-30-32-35-39-43-47-51-55-59-65(70)67-63(62-68)64(69)58-54-50-46-42-38-34-16-14-12-10-8-6-4-2/h63-64,68-69H,3-62H2,1-2H3,(H,67,70). The van der Waals surface area contributed by atoms with Crippen molar-refractivity contribution in [3.05, 3.63) is 0 Å². The molecule has 3 N–H and O–H groups in total. The Morgan fingerprint density at radius 2 is 0.569 bits per heavy atom. The van der Waals surface area contributed by atoms with Gasteiger partial charge in [0.15, 0.2) is 0 Å². The molecule has 6 nitrogen and oxygen atoms in total. The smallest absolute Gasteiger partial charge is 0.305 e. The highest BCUT2D eigenvalue weighted by molar-refractivity contribution is 5.76. The molecular weight excluding hydrogens is 887 g/mol. The minimum Gasteiger partial charge on any atom is -0.466 e. The second-order valence-corrected chi connectivity index (χ2v) is 23.2. The molecule has 0 saturated carbocycles. The fraction of sp³-hybridized carbons (Fsp3) is 0.970. The van der Waals surface area contributed by atoms with Crippen LogP contribution in [0.1, 0.15) is 386 Å². The van der Waals surface area contributed by atoms with Crippen LogP contribution in [-0.4, -0.2) is 47.4 Å². The molecule has 0 fully saturated rings. The second-order valence-electron chi connectivity index (χ2n) is 23.2. The molecule has 1 amide bonds. The molecule has 2 unspecified atom stereocenters. The molecule has 2 atom stereocenters. The molecule has 0 saturated heterocycles. The van der Waals surface area contributed by atoms with Crippen molar-refractivity contribution in [1.29, 1.82) is 0 Å². The molecule has 72 heavy (non-hydrogen) atoms. The average molecular weight is 1020 g/mol. The third-order valence-electron chi connectivity index (χ3n) is 15.9. The third-order valence-corrected chi connectivity index (χ3v) is 15.9. The lowest BCUT2D eigenvalue weighted by molar-refractivity contribution is -0.143. The van der Waals surface area contributed by atoms with Crippen molar-refractivity contribution in [2.75, 3.05) is 13.2 Å². The molecule has 0 radical (unpaired) electrons. The SMILES string of the molecule is CCCCCCCCCCCCCCCCC(=O)OCCCCCCCCCCCCCCCCCCCCCCCCCCCCCCC(=O)NC(CO)C(O)CCCCCCCCCCCCCCC. The van der Waals surface area contributed by atoms with Gasteiger partial charge in [-0.1, -0.05) is 348 Å². The van der Waals surface area contributed by atoms with Gasteiger partial charge in [0.25, 0.3) is 0 Å². The largest absolute Gasteiger partial charge is 0.466 e. The highest BCUT2D eigenvalue weighted by Crippen LogP contribution is 2.19. The normalized spacial score (nSPS) is 12.4. The van der Waals surface area contributed by atoms with Crippen LogP contribution in [0, 0.1) is 0 Å². The van der Waals surface area contributed by atoms with E-state index in [1.165, 1.54) is 315 Å². The lowest BCUT2D eigenvalue weighted by atomic mass is 10.0. The first-order chi connectivity index (χ1) is 35.5. The minimum atomic E-state index is -0.660. The Labute approximate surface area is 451 Å². The van der Waals surface area contributed by atoms with Gasteiger partial charge < -0.3 is 20.3 Å². The average Bonchev–Trinajstić information content (AvgIpc) is 3.38. The monoisotopic (exact) mass is 1020 g/mol. The maximum Gasteiger partial charge on any atom is 0.305 e. The second kappa shape index (κ2) is 62.4. The van der Waals surface area contributed by atoms with Gasteiger partial charge in [-0.15, -0.1) is 0 Å².